The zero-order chi connectivity index (χ0) is 13.8. The van der Waals surface area contributed by atoms with Crippen molar-refractivity contribution in [2.45, 2.75) is 32.4 Å². The number of benzene rings is 1. The predicted octanol–water partition coefficient (Wildman–Crippen LogP) is 2.11. The smallest absolute Gasteiger partial charge is 0.228 e. The molecule has 0 bridgehead atoms. The minimum absolute atomic E-state index is 0.0859. The first-order valence-corrected chi connectivity index (χ1v) is 6.84. The number of nitrogens with zero attached hydrogens (tertiary/aromatic N) is 1. The Labute approximate surface area is 114 Å². The maximum Gasteiger partial charge on any atom is 0.228 e. The van der Waals surface area contributed by atoms with E-state index < -0.39 is 0 Å². The molecule has 1 N–H and O–H groups in total. The summed E-state index contributed by atoms with van der Waals surface area (Å²) >= 11 is 0. The molecule has 104 valence electrons. The van der Waals surface area contributed by atoms with Gasteiger partial charge >= 0.3 is 0 Å². The molecule has 19 heavy (non-hydrogen) atoms. The van der Waals surface area contributed by atoms with Crippen LogP contribution in [-0.2, 0) is 9.53 Å². The zero-order valence-electron chi connectivity index (χ0n) is 11.8. The van der Waals surface area contributed by atoms with Crippen molar-refractivity contribution in [2.24, 2.45) is 0 Å². The van der Waals surface area contributed by atoms with Gasteiger partial charge in [-0.25, -0.2) is 0 Å². The molecule has 1 aromatic carbocycles. The molecule has 0 radical (unpaired) electrons. The van der Waals surface area contributed by atoms with Crippen molar-refractivity contribution in [1.82, 2.24) is 5.32 Å². The van der Waals surface area contributed by atoms with Crippen LogP contribution in [0.5, 0.6) is 0 Å². The lowest BCUT2D eigenvalue weighted by Gasteiger charge is -2.32. The van der Waals surface area contributed by atoms with Gasteiger partial charge in [0, 0.05) is 38.3 Å². The van der Waals surface area contributed by atoms with E-state index in [1.165, 1.54) is 5.56 Å². The summed E-state index contributed by atoms with van der Waals surface area (Å²) in [5, 5.41) is 3.44. The van der Waals surface area contributed by atoms with Crippen LogP contribution in [-0.4, -0.2) is 32.2 Å². The number of nitrogens with one attached hydrogen (secondary N) is 1. The van der Waals surface area contributed by atoms with Crippen molar-refractivity contribution < 1.29 is 9.53 Å². The number of hydrogen-bond donors (Lipinski definition) is 1. The average molecular weight is 262 g/mol. The van der Waals surface area contributed by atoms with E-state index in [4.69, 9.17) is 4.74 Å². The predicted molar refractivity (Wildman–Crippen MR) is 76.3 cm³/mol. The van der Waals surface area contributed by atoms with Gasteiger partial charge in [0.05, 0.1) is 6.10 Å². The molecule has 2 atom stereocenters. The quantitative estimate of drug-likeness (QED) is 0.883. The topological polar surface area (TPSA) is 41.6 Å². The van der Waals surface area contributed by atoms with Gasteiger partial charge in [-0.05, 0) is 25.5 Å². The molecule has 2 unspecified atom stereocenters. The molecule has 0 spiro atoms. The van der Waals surface area contributed by atoms with Crippen molar-refractivity contribution in [1.29, 1.82) is 0 Å². The zero-order valence-corrected chi connectivity index (χ0v) is 11.8. The summed E-state index contributed by atoms with van der Waals surface area (Å²) in [6, 6.07) is 8.15. The fourth-order valence-electron chi connectivity index (χ4n) is 2.48. The molecular weight excluding hydrogens is 240 g/mol. The third-order valence-corrected chi connectivity index (χ3v) is 3.53. The normalized spacial score (nSPS) is 20.3. The van der Waals surface area contributed by atoms with E-state index in [1.807, 2.05) is 39.1 Å². The summed E-state index contributed by atoms with van der Waals surface area (Å²) in [4.78, 5) is 13.7. The average Bonchev–Trinajstić information content (AvgIpc) is 2.42. The Morgan fingerprint density at radius 2 is 2.21 bits per heavy atom. The summed E-state index contributed by atoms with van der Waals surface area (Å²) in [6.07, 6.45) is 0.665. The maximum atomic E-state index is 12.0. The number of anilines is 1. The second-order valence-corrected chi connectivity index (χ2v) is 4.94. The molecule has 1 aliphatic rings. The summed E-state index contributed by atoms with van der Waals surface area (Å²) in [5.74, 6) is 0.153. The Hall–Kier alpha value is -1.39. The second-order valence-electron chi connectivity index (χ2n) is 4.94. The highest BCUT2D eigenvalue weighted by molar-refractivity contribution is 5.96. The first kappa shape index (κ1) is 14.0. The van der Waals surface area contributed by atoms with Gasteiger partial charge in [-0.2, -0.15) is 0 Å². The van der Waals surface area contributed by atoms with Gasteiger partial charge in [-0.15, -0.1) is 0 Å². The number of ether oxygens (including phenoxy) is 1. The van der Waals surface area contributed by atoms with Gasteiger partial charge in [0.15, 0.2) is 0 Å². The molecule has 2 rings (SSSR count). The Morgan fingerprint density at radius 1 is 1.47 bits per heavy atom. The second kappa shape index (κ2) is 6.17. The van der Waals surface area contributed by atoms with Gasteiger partial charge in [-0.1, -0.05) is 18.2 Å². The van der Waals surface area contributed by atoms with E-state index in [-0.39, 0.29) is 18.1 Å². The summed E-state index contributed by atoms with van der Waals surface area (Å²) < 4.78 is 5.51. The molecule has 1 amide bonds. The van der Waals surface area contributed by atoms with Gasteiger partial charge in [0.25, 0.3) is 0 Å². The molecule has 0 fully saturated rings. The number of amides is 1. The Balaban J connectivity index is 2.09. The van der Waals surface area contributed by atoms with Crippen LogP contribution in [0.3, 0.4) is 0 Å². The molecule has 1 heterocycles. The van der Waals surface area contributed by atoms with Gasteiger partial charge in [0.2, 0.25) is 5.91 Å². The highest BCUT2D eigenvalue weighted by Crippen LogP contribution is 2.33. The van der Waals surface area contributed by atoms with Gasteiger partial charge < -0.3 is 15.0 Å². The lowest BCUT2D eigenvalue weighted by molar-refractivity contribution is -0.119. The molecule has 1 aliphatic heterocycles. The standard InChI is InChI=1S/C15H22N2O2/c1-4-19-11(2)10-16-13-9-15(18)17(3)14-8-6-5-7-12(13)14/h5-8,11,13,16H,4,9-10H2,1-3H3. The van der Waals surface area contributed by atoms with Crippen molar-refractivity contribution in [3.8, 4) is 0 Å². The summed E-state index contributed by atoms with van der Waals surface area (Å²) in [6.45, 7) is 5.50. The lowest BCUT2D eigenvalue weighted by atomic mass is 9.96. The first-order valence-electron chi connectivity index (χ1n) is 6.84. The summed E-state index contributed by atoms with van der Waals surface area (Å²) in [7, 11) is 1.83. The van der Waals surface area contributed by atoms with E-state index >= 15 is 0 Å². The Morgan fingerprint density at radius 3 is 2.95 bits per heavy atom. The van der Waals surface area contributed by atoms with E-state index in [0.29, 0.717) is 13.0 Å². The number of para-hydroxylation sites is 1. The largest absolute Gasteiger partial charge is 0.377 e. The molecule has 0 saturated heterocycles. The van der Waals surface area contributed by atoms with E-state index in [9.17, 15) is 4.79 Å². The van der Waals surface area contributed by atoms with Crippen molar-refractivity contribution in [3.63, 3.8) is 0 Å². The van der Waals surface area contributed by atoms with Crippen LogP contribution in [0.1, 0.15) is 31.9 Å². The minimum atomic E-state index is 0.0859. The molecule has 4 heteroatoms. The molecule has 0 saturated carbocycles. The molecule has 0 aromatic heterocycles. The Kier molecular flexibility index (Phi) is 4.56. The van der Waals surface area contributed by atoms with E-state index in [1.54, 1.807) is 4.90 Å². The fourth-order valence-corrected chi connectivity index (χ4v) is 2.48. The van der Waals surface area contributed by atoms with Crippen LogP contribution in [0.25, 0.3) is 0 Å². The Bertz CT molecular complexity index is 448. The lowest BCUT2D eigenvalue weighted by Crippen LogP contribution is -2.39. The van der Waals surface area contributed by atoms with Gasteiger partial charge in [0.1, 0.15) is 0 Å². The highest BCUT2D eigenvalue weighted by Gasteiger charge is 2.28. The number of carbonyl (C=O) groups excluding carboxylic acids is 1. The summed E-state index contributed by atoms with van der Waals surface area (Å²) in [5.41, 5.74) is 2.19. The fraction of sp³-hybridized carbons (Fsp3) is 0.533. The molecule has 4 nitrogen and oxygen atoms in total. The van der Waals surface area contributed by atoms with Crippen LogP contribution < -0.4 is 10.2 Å². The van der Waals surface area contributed by atoms with Crippen LogP contribution >= 0.6 is 0 Å². The van der Waals surface area contributed by atoms with Crippen molar-refractivity contribution >= 4 is 11.6 Å². The molecular formula is C15H22N2O2. The first-order chi connectivity index (χ1) is 9.13. The van der Waals surface area contributed by atoms with Gasteiger partial charge in [-0.3, -0.25) is 4.79 Å². The third kappa shape index (κ3) is 3.14. The van der Waals surface area contributed by atoms with Crippen molar-refractivity contribution in [2.75, 3.05) is 25.1 Å². The van der Waals surface area contributed by atoms with Crippen LogP contribution in [0.2, 0.25) is 0 Å². The number of carbonyl (C=O) groups is 1. The number of rotatable bonds is 5. The van der Waals surface area contributed by atoms with Crippen LogP contribution in [0.15, 0.2) is 24.3 Å². The third-order valence-electron chi connectivity index (χ3n) is 3.53. The maximum absolute atomic E-state index is 12.0. The monoisotopic (exact) mass is 262 g/mol. The number of fused-ring (bicyclic) bond motifs is 1. The molecule has 1 aromatic rings. The molecule has 0 aliphatic carbocycles. The highest BCUT2D eigenvalue weighted by atomic mass is 16.5. The van der Waals surface area contributed by atoms with Crippen LogP contribution in [0, 0.1) is 0 Å². The van der Waals surface area contributed by atoms with E-state index in [0.717, 1.165) is 12.2 Å². The minimum Gasteiger partial charge on any atom is -0.377 e. The number of hydrogen-bond acceptors (Lipinski definition) is 3. The van der Waals surface area contributed by atoms with Crippen LogP contribution in [0.4, 0.5) is 5.69 Å². The van der Waals surface area contributed by atoms with E-state index in [2.05, 4.69) is 11.4 Å². The van der Waals surface area contributed by atoms with Crippen molar-refractivity contribution in [3.05, 3.63) is 29.8 Å². The SMILES string of the molecule is CCOC(C)CNC1CC(=O)N(C)c2ccccc21.